The molecule has 1 atom stereocenters. The zero-order valence-electron chi connectivity index (χ0n) is 10.5. The molecule has 2 heterocycles. The Hall–Kier alpha value is -1.38. The van der Waals surface area contributed by atoms with E-state index in [0.29, 0.717) is 0 Å². The summed E-state index contributed by atoms with van der Waals surface area (Å²) in [4.78, 5) is 0.164. The normalized spacial score (nSPS) is 23.5. The summed E-state index contributed by atoms with van der Waals surface area (Å²) < 4.78 is 49.5. The van der Waals surface area contributed by atoms with Gasteiger partial charge in [-0.1, -0.05) is 6.08 Å². The maximum atomic E-state index is 12.2. The number of fused-ring (bicyclic) bond motifs is 1. The fourth-order valence-electron chi connectivity index (χ4n) is 2.36. The topological polar surface area (TPSA) is 92.3 Å². The first kappa shape index (κ1) is 13.6. The second-order valence-corrected chi connectivity index (χ2v) is 8.53. The largest absolute Gasteiger partial charge is 0.384 e. The van der Waals surface area contributed by atoms with Gasteiger partial charge in [0.25, 0.3) is 0 Å². The average molecular weight is 314 g/mol. The molecular formula is C12H14N2O4S2. The molecule has 3 rings (SSSR count). The van der Waals surface area contributed by atoms with E-state index in [9.17, 15) is 16.8 Å². The number of rotatable bonds is 3. The van der Waals surface area contributed by atoms with E-state index >= 15 is 0 Å². The van der Waals surface area contributed by atoms with Crippen LogP contribution in [-0.4, -0.2) is 35.2 Å². The van der Waals surface area contributed by atoms with Crippen molar-refractivity contribution < 1.29 is 16.8 Å². The molecule has 2 aliphatic rings. The Morgan fingerprint density at radius 2 is 2.10 bits per heavy atom. The van der Waals surface area contributed by atoms with Crippen LogP contribution in [0.3, 0.4) is 0 Å². The molecule has 6 nitrogen and oxygen atoms in total. The Balaban J connectivity index is 1.84. The molecule has 1 aromatic rings. The van der Waals surface area contributed by atoms with Crippen molar-refractivity contribution in [1.82, 2.24) is 4.72 Å². The molecule has 0 saturated carbocycles. The molecule has 1 unspecified atom stereocenters. The molecule has 0 aliphatic carbocycles. The molecule has 0 radical (unpaired) electrons. The molecule has 0 saturated heterocycles. The summed E-state index contributed by atoms with van der Waals surface area (Å²) in [5, 5.41) is 4.21. The van der Waals surface area contributed by atoms with Crippen LogP contribution in [0, 0.1) is 0 Å². The number of sulfone groups is 1. The Labute approximate surface area is 117 Å². The van der Waals surface area contributed by atoms with Crippen LogP contribution in [0.4, 0.5) is 5.69 Å². The lowest BCUT2D eigenvalue weighted by molar-refractivity contribution is 0.575. The number of hydrogen-bond donors (Lipinski definition) is 2. The highest BCUT2D eigenvalue weighted by Crippen LogP contribution is 2.25. The van der Waals surface area contributed by atoms with Gasteiger partial charge in [0.15, 0.2) is 9.84 Å². The number of nitrogens with one attached hydrogen (secondary N) is 2. The van der Waals surface area contributed by atoms with E-state index in [0.717, 1.165) is 29.6 Å². The summed E-state index contributed by atoms with van der Waals surface area (Å²) in [6.45, 7) is 0.801. The monoisotopic (exact) mass is 314 g/mol. The summed E-state index contributed by atoms with van der Waals surface area (Å²) >= 11 is 0. The van der Waals surface area contributed by atoms with Gasteiger partial charge in [0.1, 0.15) is 0 Å². The van der Waals surface area contributed by atoms with Gasteiger partial charge < -0.3 is 5.32 Å². The minimum absolute atomic E-state index is 0.164. The fourth-order valence-corrected chi connectivity index (χ4v) is 4.95. The van der Waals surface area contributed by atoms with Crippen LogP contribution < -0.4 is 10.0 Å². The summed E-state index contributed by atoms with van der Waals surface area (Å²) in [7, 11) is -6.99. The molecule has 0 bridgehead atoms. The molecule has 1 aromatic carbocycles. The summed E-state index contributed by atoms with van der Waals surface area (Å²) in [6, 6.07) is 4.19. The molecule has 0 amide bonds. The van der Waals surface area contributed by atoms with Gasteiger partial charge in [0, 0.05) is 17.6 Å². The van der Waals surface area contributed by atoms with Gasteiger partial charge in [-0.3, -0.25) is 0 Å². The lowest BCUT2D eigenvalue weighted by Crippen LogP contribution is -2.35. The van der Waals surface area contributed by atoms with Gasteiger partial charge in [-0.25, -0.2) is 21.6 Å². The molecule has 108 valence electrons. The quantitative estimate of drug-likeness (QED) is 0.834. The molecule has 0 aromatic heterocycles. The molecule has 0 spiro atoms. The van der Waals surface area contributed by atoms with E-state index in [4.69, 9.17) is 0 Å². The molecule has 2 aliphatic heterocycles. The SMILES string of the molecule is O=S1(=O)C=CC(NS(=O)(=O)c2ccc3c(c2)CCN3)C1. The molecule has 20 heavy (non-hydrogen) atoms. The maximum absolute atomic E-state index is 12.2. The summed E-state index contributed by atoms with van der Waals surface area (Å²) in [5.41, 5.74) is 1.91. The zero-order valence-corrected chi connectivity index (χ0v) is 12.2. The second-order valence-electron chi connectivity index (χ2n) is 4.88. The first-order valence-electron chi connectivity index (χ1n) is 6.16. The van der Waals surface area contributed by atoms with Crippen LogP contribution in [-0.2, 0) is 26.3 Å². The van der Waals surface area contributed by atoms with Crippen molar-refractivity contribution in [3.63, 3.8) is 0 Å². The van der Waals surface area contributed by atoms with Gasteiger partial charge >= 0.3 is 0 Å². The van der Waals surface area contributed by atoms with Crippen LogP contribution in [0.2, 0.25) is 0 Å². The van der Waals surface area contributed by atoms with Crippen LogP contribution >= 0.6 is 0 Å². The number of anilines is 1. The van der Waals surface area contributed by atoms with E-state index in [2.05, 4.69) is 10.0 Å². The van der Waals surface area contributed by atoms with Crippen molar-refractivity contribution in [2.45, 2.75) is 17.4 Å². The van der Waals surface area contributed by atoms with E-state index in [-0.39, 0.29) is 10.6 Å². The van der Waals surface area contributed by atoms with Crippen LogP contribution in [0.15, 0.2) is 34.6 Å². The Morgan fingerprint density at radius 1 is 1.30 bits per heavy atom. The summed E-state index contributed by atoms with van der Waals surface area (Å²) in [5.74, 6) is -0.223. The molecule has 2 N–H and O–H groups in total. The predicted molar refractivity (Wildman–Crippen MR) is 75.7 cm³/mol. The number of sulfonamides is 1. The van der Waals surface area contributed by atoms with E-state index in [1.165, 1.54) is 12.1 Å². The van der Waals surface area contributed by atoms with Gasteiger partial charge in [0.05, 0.1) is 16.7 Å². The third-order valence-electron chi connectivity index (χ3n) is 3.33. The van der Waals surface area contributed by atoms with Crippen molar-refractivity contribution in [3.05, 3.63) is 35.2 Å². The van der Waals surface area contributed by atoms with Gasteiger partial charge in [-0.15, -0.1) is 0 Å². The highest BCUT2D eigenvalue weighted by molar-refractivity contribution is 7.94. The first-order chi connectivity index (χ1) is 9.36. The Kier molecular flexibility index (Phi) is 3.11. The van der Waals surface area contributed by atoms with Crippen molar-refractivity contribution in [1.29, 1.82) is 0 Å². The van der Waals surface area contributed by atoms with E-state index in [1.807, 2.05) is 0 Å². The molecular weight excluding hydrogens is 300 g/mol. The van der Waals surface area contributed by atoms with Gasteiger partial charge in [-0.2, -0.15) is 0 Å². The predicted octanol–water partition coefficient (Wildman–Crippen LogP) is 0.244. The second kappa shape index (κ2) is 4.57. The highest BCUT2D eigenvalue weighted by Gasteiger charge is 2.27. The van der Waals surface area contributed by atoms with E-state index in [1.54, 1.807) is 12.1 Å². The summed E-state index contributed by atoms with van der Waals surface area (Å²) in [6.07, 6.45) is 2.15. The van der Waals surface area contributed by atoms with Crippen LogP contribution in [0.1, 0.15) is 5.56 Å². The van der Waals surface area contributed by atoms with E-state index < -0.39 is 25.9 Å². The average Bonchev–Trinajstić information content (AvgIpc) is 2.94. The number of hydrogen-bond acceptors (Lipinski definition) is 5. The first-order valence-corrected chi connectivity index (χ1v) is 9.36. The Bertz CT molecular complexity index is 782. The minimum atomic E-state index is -3.71. The van der Waals surface area contributed by atoms with Crippen molar-refractivity contribution in [3.8, 4) is 0 Å². The standard InChI is InChI=1S/C12H14N2O4S2/c15-19(16)6-4-10(8-19)14-20(17,18)11-1-2-12-9(7-11)3-5-13-12/h1-2,4,6-7,10,13-14H,3,5,8H2. The lowest BCUT2D eigenvalue weighted by Gasteiger charge is -2.11. The van der Waals surface area contributed by atoms with Crippen molar-refractivity contribution >= 4 is 25.5 Å². The highest BCUT2D eigenvalue weighted by atomic mass is 32.2. The number of benzene rings is 1. The fraction of sp³-hybridized carbons (Fsp3) is 0.333. The van der Waals surface area contributed by atoms with Crippen molar-refractivity contribution in [2.24, 2.45) is 0 Å². The van der Waals surface area contributed by atoms with Gasteiger partial charge in [0.2, 0.25) is 10.0 Å². The van der Waals surface area contributed by atoms with Gasteiger partial charge in [-0.05, 0) is 30.2 Å². The molecule has 8 heteroatoms. The molecule has 0 fully saturated rings. The lowest BCUT2D eigenvalue weighted by atomic mass is 10.2. The zero-order chi connectivity index (χ0) is 14.4. The third-order valence-corrected chi connectivity index (χ3v) is 6.22. The van der Waals surface area contributed by atoms with Crippen LogP contribution in [0.5, 0.6) is 0 Å². The Morgan fingerprint density at radius 3 is 2.80 bits per heavy atom. The third kappa shape index (κ3) is 2.58. The van der Waals surface area contributed by atoms with Crippen LogP contribution in [0.25, 0.3) is 0 Å². The minimum Gasteiger partial charge on any atom is -0.384 e. The maximum Gasteiger partial charge on any atom is 0.241 e. The van der Waals surface area contributed by atoms with Crippen molar-refractivity contribution in [2.75, 3.05) is 17.6 Å². The smallest absolute Gasteiger partial charge is 0.241 e.